The van der Waals surface area contributed by atoms with Gasteiger partial charge in [-0.25, -0.2) is 0 Å². The van der Waals surface area contributed by atoms with Gasteiger partial charge in [-0.2, -0.15) is 0 Å². The number of amides is 2. The normalized spacial score (nSPS) is 17.6. The molecule has 0 spiro atoms. The van der Waals surface area contributed by atoms with E-state index in [2.05, 4.69) is 10.2 Å². The molecule has 2 amide bonds. The van der Waals surface area contributed by atoms with Crippen molar-refractivity contribution in [2.24, 2.45) is 0 Å². The second kappa shape index (κ2) is 9.53. The lowest BCUT2D eigenvalue weighted by atomic mass is 10.0. The van der Waals surface area contributed by atoms with Crippen LogP contribution in [0.2, 0.25) is 0 Å². The Balaban J connectivity index is 2.34. The van der Waals surface area contributed by atoms with Crippen molar-refractivity contribution < 1.29 is 14.3 Å². The fraction of sp³-hybridized carbons (Fsp3) is 0.579. The maximum atomic E-state index is 13.5. The number of nitrogens with one attached hydrogen (secondary N) is 1. The fourth-order valence-electron chi connectivity index (χ4n) is 3.38. The zero-order valence-corrected chi connectivity index (χ0v) is 15.4. The summed E-state index contributed by atoms with van der Waals surface area (Å²) in [5, 5.41) is 2.68. The van der Waals surface area contributed by atoms with Gasteiger partial charge in [-0.15, -0.1) is 0 Å². The van der Waals surface area contributed by atoms with Crippen LogP contribution in [0.1, 0.15) is 31.9 Å². The quantitative estimate of drug-likeness (QED) is 0.811. The van der Waals surface area contributed by atoms with Gasteiger partial charge in [0.25, 0.3) is 0 Å². The van der Waals surface area contributed by atoms with Crippen molar-refractivity contribution in [3.63, 3.8) is 0 Å². The molecule has 0 bridgehead atoms. The van der Waals surface area contributed by atoms with Crippen LogP contribution in [0.15, 0.2) is 30.3 Å². The van der Waals surface area contributed by atoms with Crippen molar-refractivity contribution in [1.29, 1.82) is 0 Å². The van der Waals surface area contributed by atoms with Crippen LogP contribution in [0.5, 0.6) is 0 Å². The van der Waals surface area contributed by atoms with E-state index >= 15 is 0 Å². The average Bonchev–Trinajstić information content (AvgIpc) is 2.67. The molecule has 25 heavy (non-hydrogen) atoms. The Morgan fingerprint density at radius 2 is 1.84 bits per heavy atom. The van der Waals surface area contributed by atoms with E-state index in [-0.39, 0.29) is 17.9 Å². The number of carbonyl (C=O) groups excluding carboxylic acids is 2. The Labute approximate surface area is 150 Å². The number of hydrogen-bond donors (Lipinski definition) is 1. The van der Waals surface area contributed by atoms with Gasteiger partial charge >= 0.3 is 0 Å². The molecule has 1 heterocycles. The molecule has 0 radical (unpaired) electrons. The molecule has 1 aromatic carbocycles. The molecule has 138 valence electrons. The van der Waals surface area contributed by atoms with Crippen molar-refractivity contribution in [3.8, 4) is 0 Å². The number of hydrogen-bond acceptors (Lipinski definition) is 4. The Hall–Kier alpha value is -1.92. The zero-order chi connectivity index (χ0) is 18.2. The molecular weight excluding hydrogens is 318 g/mol. The van der Waals surface area contributed by atoms with Gasteiger partial charge in [0.05, 0.1) is 13.2 Å². The Morgan fingerprint density at radius 3 is 2.36 bits per heavy atom. The minimum absolute atomic E-state index is 0.0222. The molecule has 6 nitrogen and oxygen atoms in total. The van der Waals surface area contributed by atoms with E-state index in [1.807, 2.05) is 44.2 Å². The zero-order valence-electron chi connectivity index (χ0n) is 15.4. The van der Waals surface area contributed by atoms with Gasteiger partial charge in [0.1, 0.15) is 12.1 Å². The minimum atomic E-state index is -0.449. The summed E-state index contributed by atoms with van der Waals surface area (Å²) in [7, 11) is 1.61. The number of morpholine rings is 1. The van der Waals surface area contributed by atoms with E-state index in [1.54, 1.807) is 11.9 Å². The molecule has 1 N–H and O–H groups in total. The first-order chi connectivity index (χ1) is 12.1. The monoisotopic (exact) mass is 347 g/mol. The summed E-state index contributed by atoms with van der Waals surface area (Å²) in [4.78, 5) is 29.6. The van der Waals surface area contributed by atoms with Crippen LogP contribution in [0.25, 0.3) is 0 Å². The van der Waals surface area contributed by atoms with Crippen molar-refractivity contribution in [2.45, 2.75) is 32.4 Å². The molecular formula is C19H29N3O3. The van der Waals surface area contributed by atoms with E-state index in [1.165, 1.54) is 0 Å². The number of nitrogens with zero attached hydrogens (tertiary/aromatic N) is 2. The van der Waals surface area contributed by atoms with E-state index in [9.17, 15) is 9.59 Å². The third-order valence-electron chi connectivity index (χ3n) is 4.70. The molecule has 1 aliphatic heterocycles. The molecule has 2 unspecified atom stereocenters. The van der Waals surface area contributed by atoms with Crippen LogP contribution < -0.4 is 5.32 Å². The summed E-state index contributed by atoms with van der Waals surface area (Å²) in [6.07, 6.45) is 0.587. The number of benzene rings is 1. The molecule has 1 fully saturated rings. The van der Waals surface area contributed by atoms with Crippen LogP contribution >= 0.6 is 0 Å². The summed E-state index contributed by atoms with van der Waals surface area (Å²) < 4.78 is 5.45. The third kappa shape index (κ3) is 4.58. The summed E-state index contributed by atoms with van der Waals surface area (Å²) in [6.45, 7) is 7.01. The Bertz CT molecular complexity index is 558. The van der Waals surface area contributed by atoms with Gasteiger partial charge in [0, 0.05) is 26.7 Å². The number of carbonyl (C=O) groups is 2. The van der Waals surface area contributed by atoms with Gasteiger partial charge in [-0.1, -0.05) is 37.3 Å². The highest BCUT2D eigenvalue weighted by Crippen LogP contribution is 2.25. The van der Waals surface area contributed by atoms with E-state index in [0.717, 1.165) is 5.56 Å². The van der Waals surface area contributed by atoms with E-state index in [4.69, 9.17) is 4.74 Å². The summed E-state index contributed by atoms with van der Waals surface area (Å²) in [5.74, 6) is -0.141. The predicted octanol–water partition coefficient (Wildman–Crippen LogP) is 1.43. The summed E-state index contributed by atoms with van der Waals surface area (Å²) in [6, 6.07) is 8.96. The first kappa shape index (κ1) is 19.4. The van der Waals surface area contributed by atoms with Gasteiger partial charge in [-0.3, -0.25) is 14.5 Å². The van der Waals surface area contributed by atoms with Crippen LogP contribution in [0.4, 0.5) is 0 Å². The van der Waals surface area contributed by atoms with Crippen LogP contribution in [0, 0.1) is 0 Å². The van der Waals surface area contributed by atoms with Crippen molar-refractivity contribution >= 4 is 11.8 Å². The molecule has 2 rings (SSSR count). The molecule has 1 aromatic rings. The van der Waals surface area contributed by atoms with Gasteiger partial charge in [0.15, 0.2) is 0 Å². The van der Waals surface area contributed by atoms with E-state index < -0.39 is 6.04 Å². The maximum absolute atomic E-state index is 13.5. The minimum Gasteiger partial charge on any atom is -0.379 e. The molecule has 0 aliphatic carbocycles. The van der Waals surface area contributed by atoms with Gasteiger partial charge < -0.3 is 15.0 Å². The topological polar surface area (TPSA) is 61.9 Å². The van der Waals surface area contributed by atoms with Crippen LogP contribution in [-0.2, 0) is 14.3 Å². The largest absolute Gasteiger partial charge is 0.379 e. The first-order valence-corrected chi connectivity index (χ1v) is 9.02. The number of rotatable bonds is 7. The third-order valence-corrected chi connectivity index (χ3v) is 4.70. The summed E-state index contributed by atoms with van der Waals surface area (Å²) >= 11 is 0. The van der Waals surface area contributed by atoms with E-state index in [0.29, 0.717) is 39.3 Å². The van der Waals surface area contributed by atoms with Gasteiger partial charge in [0.2, 0.25) is 11.8 Å². The lowest BCUT2D eigenvalue weighted by molar-refractivity contribution is -0.146. The molecule has 0 saturated carbocycles. The standard InChI is InChI=1S/C19H29N3O3/c1-4-16(18(23)20-3)22(5-2)19(24)17(15-9-7-6-8-10-15)21-11-13-25-14-12-21/h6-10,16-17H,4-5,11-14H2,1-3H3,(H,20,23). The SMILES string of the molecule is CCC(C(=O)NC)N(CC)C(=O)C(c1ccccc1)N1CCOCC1. The van der Waals surface area contributed by atoms with Crippen molar-refractivity contribution in [2.75, 3.05) is 39.9 Å². The summed E-state index contributed by atoms with van der Waals surface area (Å²) in [5.41, 5.74) is 0.958. The highest BCUT2D eigenvalue weighted by molar-refractivity contribution is 5.90. The number of likely N-dealkylation sites (N-methyl/N-ethyl adjacent to an activating group) is 2. The molecule has 1 saturated heterocycles. The van der Waals surface area contributed by atoms with Crippen LogP contribution in [-0.4, -0.2) is 67.6 Å². The maximum Gasteiger partial charge on any atom is 0.245 e. The second-order valence-electron chi connectivity index (χ2n) is 6.12. The van der Waals surface area contributed by atoms with Crippen LogP contribution in [0.3, 0.4) is 0 Å². The van der Waals surface area contributed by atoms with Gasteiger partial charge in [-0.05, 0) is 18.9 Å². The highest BCUT2D eigenvalue weighted by Gasteiger charge is 2.36. The molecule has 1 aliphatic rings. The predicted molar refractivity (Wildman–Crippen MR) is 97.1 cm³/mol. The highest BCUT2D eigenvalue weighted by atomic mass is 16.5. The lowest BCUT2D eigenvalue weighted by Gasteiger charge is -2.38. The lowest BCUT2D eigenvalue weighted by Crippen LogP contribution is -2.53. The van der Waals surface area contributed by atoms with Crippen molar-refractivity contribution in [3.05, 3.63) is 35.9 Å². The number of ether oxygens (including phenoxy) is 1. The molecule has 2 atom stereocenters. The Morgan fingerprint density at radius 1 is 1.20 bits per heavy atom. The first-order valence-electron chi connectivity index (χ1n) is 9.02. The molecule has 0 aromatic heterocycles. The smallest absolute Gasteiger partial charge is 0.245 e. The van der Waals surface area contributed by atoms with Crippen molar-refractivity contribution in [1.82, 2.24) is 15.1 Å². The second-order valence-corrected chi connectivity index (χ2v) is 6.12. The molecule has 6 heteroatoms. The fourth-order valence-corrected chi connectivity index (χ4v) is 3.38. The Kier molecular flexibility index (Phi) is 7.40. The average molecular weight is 347 g/mol.